The topological polar surface area (TPSA) is 67.9 Å². The number of hydrogen-bond donors (Lipinski definition) is 1. The first-order valence-corrected chi connectivity index (χ1v) is 8.75. The van der Waals surface area contributed by atoms with Crippen LogP contribution in [0.15, 0.2) is 18.2 Å². The molecule has 1 N–H and O–H groups in total. The molecule has 0 saturated carbocycles. The lowest BCUT2D eigenvalue weighted by Crippen LogP contribution is -2.44. The summed E-state index contributed by atoms with van der Waals surface area (Å²) in [5, 5.41) is 2.87. The molecule has 1 aromatic carbocycles. The zero-order chi connectivity index (χ0) is 16.6. The molecule has 0 unspecified atom stereocenters. The normalized spacial score (nSPS) is 21.3. The highest BCUT2D eigenvalue weighted by molar-refractivity contribution is 7.99. The van der Waals surface area contributed by atoms with Crippen LogP contribution in [-0.2, 0) is 9.59 Å². The van der Waals surface area contributed by atoms with Gasteiger partial charge in [-0.05, 0) is 12.1 Å². The van der Waals surface area contributed by atoms with Gasteiger partial charge in [-0.1, -0.05) is 6.92 Å². The molecule has 0 radical (unpaired) electrons. The number of thioether (sulfide) groups is 1. The molecular formula is C16H20N2O4S. The number of anilines is 1. The van der Waals surface area contributed by atoms with Crippen molar-refractivity contribution in [1.82, 2.24) is 4.90 Å². The van der Waals surface area contributed by atoms with E-state index in [1.165, 1.54) is 0 Å². The van der Waals surface area contributed by atoms with Crippen molar-refractivity contribution in [2.24, 2.45) is 0 Å². The Morgan fingerprint density at radius 1 is 1.35 bits per heavy atom. The van der Waals surface area contributed by atoms with Gasteiger partial charge < -0.3 is 19.7 Å². The van der Waals surface area contributed by atoms with E-state index in [9.17, 15) is 9.59 Å². The summed E-state index contributed by atoms with van der Waals surface area (Å²) < 4.78 is 11.3. The Labute approximate surface area is 139 Å². The Kier molecular flexibility index (Phi) is 4.14. The highest BCUT2D eigenvalue weighted by Gasteiger charge is 2.35. The summed E-state index contributed by atoms with van der Waals surface area (Å²) in [7, 11) is 0. The third-order valence-electron chi connectivity index (χ3n) is 3.73. The molecule has 2 aliphatic heterocycles. The highest BCUT2D eigenvalue weighted by atomic mass is 32.2. The summed E-state index contributed by atoms with van der Waals surface area (Å²) in [6, 6.07) is 4.87. The largest absolute Gasteiger partial charge is 0.449 e. The van der Waals surface area contributed by atoms with E-state index in [1.807, 2.05) is 13.8 Å². The molecule has 0 spiro atoms. The van der Waals surface area contributed by atoms with E-state index in [-0.39, 0.29) is 11.8 Å². The summed E-state index contributed by atoms with van der Waals surface area (Å²) in [4.78, 5) is 26.0. The van der Waals surface area contributed by atoms with E-state index in [0.717, 1.165) is 0 Å². The molecule has 2 heterocycles. The van der Waals surface area contributed by atoms with E-state index in [4.69, 9.17) is 9.47 Å². The minimum absolute atomic E-state index is 0.00239. The zero-order valence-corrected chi connectivity index (χ0v) is 14.2. The van der Waals surface area contributed by atoms with Crippen LogP contribution in [0.1, 0.15) is 27.2 Å². The lowest BCUT2D eigenvalue weighted by molar-refractivity contribution is -0.135. The smallest absolute Gasteiger partial charge is 0.248 e. The second kappa shape index (κ2) is 5.96. The van der Waals surface area contributed by atoms with Crippen LogP contribution in [0, 0.1) is 0 Å². The molecular weight excluding hydrogens is 316 g/mol. The van der Waals surface area contributed by atoms with Crippen molar-refractivity contribution in [2.45, 2.75) is 39.0 Å². The van der Waals surface area contributed by atoms with Gasteiger partial charge in [0.25, 0.3) is 0 Å². The Bertz CT molecular complexity index is 647. The summed E-state index contributed by atoms with van der Waals surface area (Å²) in [6.45, 7) is 5.46. The predicted molar refractivity (Wildman–Crippen MR) is 88.7 cm³/mol. The first-order valence-electron chi connectivity index (χ1n) is 7.60. The number of rotatable bonds is 3. The molecule has 1 fully saturated rings. The molecule has 2 aliphatic rings. The fourth-order valence-corrected chi connectivity index (χ4v) is 3.82. The molecule has 6 nitrogen and oxygen atoms in total. The quantitative estimate of drug-likeness (QED) is 0.918. The van der Waals surface area contributed by atoms with Crippen LogP contribution in [0.5, 0.6) is 11.5 Å². The van der Waals surface area contributed by atoms with Gasteiger partial charge >= 0.3 is 0 Å². The van der Waals surface area contributed by atoms with Gasteiger partial charge in [0.2, 0.25) is 17.6 Å². The number of carbonyl (C=O) groups excluding carboxylic acids is 2. The summed E-state index contributed by atoms with van der Waals surface area (Å²) in [5.74, 6) is 1.59. The number of nitrogens with one attached hydrogen (secondary N) is 1. The maximum absolute atomic E-state index is 12.5. The van der Waals surface area contributed by atoms with Gasteiger partial charge in [-0.3, -0.25) is 9.59 Å². The number of hydrogen-bond acceptors (Lipinski definition) is 5. The molecule has 0 aromatic heterocycles. The molecule has 0 bridgehead atoms. The van der Waals surface area contributed by atoms with Gasteiger partial charge in [-0.25, -0.2) is 0 Å². The standard InChI is InChI=1S/C16H20N2O4S/c1-4-14(19)18-9-23-8-11(18)15(20)17-10-5-6-12-13(7-10)22-16(2,3)21-12/h5-7,11H,4,8-9H2,1-3H3,(H,17,20)/t11-/m1/s1. The van der Waals surface area contributed by atoms with Crippen LogP contribution < -0.4 is 14.8 Å². The van der Waals surface area contributed by atoms with Crippen molar-refractivity contribution in [3.05, 3.63) is 18.2 Å². The van der Waals surface area contributed by atoms with Gasteiger partial charge in [-0.15, -0.1) is 11.8 Å². The van der Waals surface area contributed by atoms with Crippen LogP contribution in [0.25, 0.3) is 0 Å². The van der Waals surface area contributed by atoms with Crippen LogP contribution in [0.2, 0.25) is 0 Å². The number of amides is 2. The van der Waals surface area contributed by atoms with Gasteiger partial charge in [0.1, 0.15) is 6.04 Å². The Morgan fingerprint density at radius 2 is 2.09 bits per heavy atom. The van der Waals surface area contributed by atoms with Crippen molar-refractivity contribution in [3.63, 3.8) is 0 Å². The average molecular weight is 336 g/mol. The Balaban J connectivity index is 1.71. The SMILES string of the molecule is CCC(=O)N1CSC[C@@H]1C(=O)Nc1ccc2c(c1)OC(C)(C)O2. The second-order valence-electron chi connectivity index (χ2n) is 5.99. The van der Waals surface area contributed by atoms with Crippen LogP contribution >= 0.6 is 11.8 Å². The third kappa shape index (κ3) is 3.24. The molecule has 2 amide bonds. The lowest BCUT2D eigenvalue weighted by atomic mass is 10.2. The number of ether oxygens (including phenoxy) is 2. The third-order valence-corrected chi connectivity index (χ3v) is 4.74. The van der Waals surface area contributed by atoms with Crippen molar-refractivity contribution in [2.75, 3.05) is 16.9 Å². The fraction of sp³-hybridized carbons (Fsp3) is 0.500. The van der Waals surface area contributed by atoms with E-state index >= 15 is 0 Å². The first-order chi connectivity index (χ1) is 10.9. The fourth-order valence-electron chi connectivity index (χ4n) is 2.63. The van der Waals surface area contributed by atoms with E-state index in [2.05, 4.69) is 5.32 Å². The van der Waals surface area contributed by atoms with E-state index in [1.54, 1.807) is 41.8 Å². The second-order valence-corrected chi connectivity index (χ2v) is 6.99. The number of nitrogens with zero attached hydrogens (tertiary/aromatic N) is 1. The molecule has 7 heteroatoms. The van der Waals surface area contributed by atoms with Crippen LogP contribution in [0.4, 0.5) is 5.69 Å². The Hall–Kier alpha value is -1.89. The number of fused-ring (bicyclic) bond motifs is 1. The van der Waals surface area contributed by atoms with Crippen molar-refractivity contribution >= 4 is 29.3 Å². The van der Waals surface area contributed by atoms with Gasteiger partial charge in [-0.2, -0.15) is 0 Å². The molecule has 0 aliphatic carbocycles. The molecule has 1 aromatic rings. The van der Waals surface area contributed by atoms with Crippen molar-refractivity contribution < 1.29 is 19.1 Å². The first kappa shape index (κ1) is 16.0. The predicted octanol–water partition coefficient (Wildman–Crippen LogP) is 2.44. The summed E-state index contributed by atoms with van der Waals surface area (Å²) in [6.07, 6.45) is 0.406. The number of benzene rings is 1. The van der Waals surface area contributed by atoms with E-state index in [0.29, 0.717) is 35.2 Å². The Morgan fingerprint density at radius 3 is 2.83 bits per heavy atom. The molecule has 124 valence electrons. The lowest BCUT2D eigenvalue weighted by Gasteiger charge is -2.22. The molecule has 23 heavy (non-hydrogen) atoms. The zero-order valence-electron chi connectivity index (χ0n) is 13.4. The average Bonchev–Trinajstić information content (AvgIpc) is 3.08. The molecule has 1 saturated heterocycles. The summed E-state index contributed by atoms with van der Waals surface area (Å²) >= 11 is 1.59. The minimum atomic E-state index is -0.697. The molecule has 3 rings (SSSR count). The van der Waals surface area contributed by atoms with Gasteiger partial charge in [0.15, 0.2) is 11.5 Å². The maximum atomic E-state index is 12.5. The van der Waals surface area contributed by atoms with Crippen LogP contribution in [0.3, 0.4) is 0 Å². The maximum Gasteiger partial charge on any atom is 0.248 e. The summed E-state index contributed by atoms with van der Waals surface area (Å²) in [5.41, 5.74) is 0.635. The van der Waals surface area contributed by atoms with Crippen LogP contribution in [-0.4, -0.2) is 40.2 Å². The van der Waals surface area contributed by atoms with Gasteiger partial charge in [0.05, 0.1) is 5.88 Å². The molecule has 1 atom stereocenters. The number of carbonyl (C=O) groups is 2. The van der Waals surface area contributed by atoms with Crippen molar-refractivity contribution in [1.29, 1.82) is 0 Å². The highest BCUT2D eigenvalue weighted by Crippen LogP contribution is 2.40. The van der Waals surface area contributed by atoms with Crippen molar-refractivity contribution in [3.8, 4) is 11.5 Å². The van der Waals surface area contributed by atoms with E-state index < -0.39 is 11.8 Å². The minimum Gasteiger partial charge on any atom is -0.449 e. The van der Waals surface area contributed by atoms with Gasteiger partial charge in [0, 0.05) is 37.8 Å². The monoisotopic (exact) mass is 336 g/mol.